The summed E-state index contributed by atoms with van der Waals surface area (Å²) in [5.41, 5.74) is 1.88. The number of amides is 1. The lowest BCUT2D eigenvalue weighted by Crippen LogP contribution is -2.31. The van der Waals surface area contributed by atoms with Gasteiger partial charge in [0.25, 0.3) is 11.7 Å². The van der Waals surface area contributed by atoms with Gasteiger partial charge in [-0.2, -0.15) is 0 Å². The van der Waals surface area contributed by atoms with Crippen molar-refractivity contribution in [3.05, 3.63) is 58.7 Å². The van der Waals surface area contributed by atoms with Crippen LogP contribution in [0.5, 0.6) is 17.2 Å². The van der Waals surface area contributed by atoms with E-state index in [4.69, 9.17) is 18.9 Å². The zero-order valence-electron chi connectivity index (χ0n) is 21.1. The monoisotopic (exact) mass is 483 g/mol. The lowest BCUT2D eigenvalue weighted by Gasteiger charge is -2.26. The minimum atomic E-state index is -0.793. The highest BCUT2D eigenvalue weighted by Crippen LogP contribution is 2.42. The Morgan fingerprint density at radius 1 is 1.00 bits per heavy atom. The SMILES string of the molecule is COCCCN1C(=O)C(=O)/C(=C(\O)c2ccc(OC(C)C)c(C)c2)C1c1ccc(OC)c(OC)c1. The van der Waals surface area contributed by atoms with Gasteiger partial charge >= 0.3 is 0 Å². The van der Waals surface area contributed by atoms with Crippen LogP contribution < -0.4 is 14.2 Å². The van der Waals surface area contributed by atoms with E-state index < -0.39 is 17.7 Å². The smallest absolute Gasteiger partial charge is 0.295 e. The number of hydrogen-bond acceptors (Lipinski definition) is 7. The number of aliphatic hydroxyl groups is 1. The molecule has 188 valence electrons. The van der Waals surface area contributed by atoms with Gasteiger partial charge in [0.15, 0.2) is 11.5 Å². The van der Waals surface area contributed by atoms with Gasteiger partial charge in [0.1, 0.15) is 11.5 Å². The standard InChI is InChI=1S/C27H33NO7/c1-16(2)35-20-10-9-19(14-17(20)3)25(29)23-24(18-8-11-21(33-5)22(15-18)34-6)28(12-7-13-32-4)27(31)26(23)30/h8-11,14-16,24,29H,7,12-13H2,1-6H3/b25-23-. The van der Waals surface area contributed by atoms with E-state index in [0.717, 1.165) is 5.56 Å². The van der Waals surface area contributed by atoms with Crippen LogP contribution in [0.4, 0.5) is 0 Å². The first kappa shape index (κ1) is 26.1. The van der Waals surface area contributed by atoms with Gasteiger partial charge in [-0.25, -0.2) is 0 Å². The molecule has 35 heavy (non-hydrogen) atoms. The van der Waals surface area contributed by atoms with Crippen molar-refractivity contribution in [3.63, 3.8) is 0 Å². The van der Waals surface area contributed by atoms with Crippen molar-refractivity contribution in [3.8, 4) is 17.2 Å². The zero-order valence-corrected chi connectivity index (χ0v) is 21.1. The molecule has 0 radical (unpaired) electrons. The molecule has 2 aromatic rings. The number of nitrogens with zero attached hydrogens (tertiary/aromatic N) is 1. The van der Waals surface area contributed by atoms with Crippen LogP contribution in [-0.4, -0.2) is 62.3 Å². The first-order valence-corrected chi connectivity index (χ1v) is 11.5. The van der Waals surface area contributed by atoms with Gasteiger partial charge in [0.05, 0.1) is 31.9 Å². The lowest BCUT2D eigenvalue weighted by atomic mass is 9.94. The lowest BCUT2D eigenvalue weighted by molar-refractivity contribution is -0.140. The molecule has 1 heterocycles. The Balaban J connectivity index is 2.14. The zero-order chi connectivity index (χ0) is 25.7. The molecule has 8 nitrogen and oxygen atoms in total. The first-order valence-electron chi connectivity index (χ1n) is 11.5. The maximum absolute atomic E-state index is 13.2. The van der Waals surface area contributed by atoms with E-state index in [1.54, 1.807) is 43.5 Å². The average Bonchev–Trinajstić information content (AvgIpc) is 3.09. The number of methoxy groups -OCH3 is 3. The second kappa shape index (κ2) is 11.3. The minimum absolute atomic E-state index is 0.00405. The van der Waals surface area contributed by atoms with Crippen molar-refractivity contribution < 1.29 is 33.6 Å². The van der Waals surface area contributed by atoms with Gasteiger partial charge in [0, 0.05) is 25.8 Å². The molecular weight excluding hydrogens is 450 g/mol. The van der Waals surface area contributed by atoms with Gasteiger partial charge < -0.3 is 29.0 Å². The number of aryl methyl sites for hydroxylation is 1. The molecule has 1 fully saturated rings. The molecule has 0 aliphatic carbocycles. The summed E-state index contributed by atoms with van der Waals surface area (Å²) in [5.74, 6) is 0.0193. The van der Waals surface area contributed by atoms with Crippen molar-refractivity contribution in [2.24, 2.45) is 0 Å². The van der Waals surface area contributed by atoms with Crippen molar-refractivity contribution in [2.75, 3.05) is 34.5 Å². The predicted octanol–water partition coefficient (Wildman–Crippen LogP) is 4.26. The van der Waals surface area contributed by atoms with Crippen LogP contribution >= 0.6 is 0 Å². The maximum Gasteiger partial charge on any atom is 0.295 e. The first-order chi connectivity index (χ1) is 16.7. The van der Waals surface area contributed by atoms with E-state index in [0.29, 0.717) is 41.4 Å². The van der Waals surface area contributed by atoms with Gasteiger partial charge in [-0.15, -0.1) is 0 Å². The van der Waals surface area contributed by atoms with Gasteiger partial charge in [-0.3, -0.25) is 9.59 Å². The Morgan fingerprint density at radius 2 is 1.69 bits per heavy atom. The molecular formula is C27H33NO7. The number of carbonyl (C=O) groups excluding carboxylic acids is 2. The molecule has 0 aromatic heterocycles. The normalized spacial score (nSPS) is 17.2. The number of benzene rings is 2. The number of ketones is 1. The second-order valence-electron chi connectivity index (χ2n) is 8.60. The fourth-order valence-corrected chi connectivity index (χ4v) is 4.20. The largest absolute Gasteiger partial charge is 0.507 e. The van der Waals surface area contributed by atoms with E-state index in [1.165, 1.54) is 19.1 Å². The van der Waals surface area contributed by atoms with Crippen molar-refractivity contribution in [2.45, 2.75) is 39.3 Å². The summed E-state index contributed by atoms with van der Waals surface area (Å²) in [7, 11) is 4.62. The average molecular weight is 484 g/mol. The maximum atomic E-state index is 13.2. The van der Waals surface area contributed by atoms with E-state index in [2.05, 4.69) is 0 Å². The predicted molar refractivity (Wildman–Crippen MR) is 132 cm³/mol. The third-order valence-electron chi connectivity index (χ3n) is 5.82. The number of hydrogen-bond donors (Lipinski definition) is 1. The highest BCUT2D eigenvalue weighted by molar-refractivity contribution is 6.46. The van der Waals surface area contributed by atoms with Crippen LogP contribution in [0.15, 0.2) is 42.0 Å². The van der Waals surface area contributed by atoms with E-state index >= 15 is 0 Å². The Hall–Kier alpha value is -3.52. The second-order valence-corrected chi connectivity index (χ2v) is 8.60. The molecule has 0 spiro atoms. The fraction of sp³-hybridized carbons (Fsp3) is 0.407. The molecule has 8 heteroatoms. The van der Waals surface area contributed by atoms with Crippen LogP contribution in [0.1, 0.15) is 43.0 Å². The molecule has 0 saturated carbocycles. The highest BCUT2D eigenvalue weighted by atomic mass is 16.5. The molecule has 1 N–H and O–H groups in total. The number of aliphatic hydroxyl groups excluding tert-OH is 1. The van der Waals surface area contributed by atoms with Crippen molar-refractivity contribution in [1.29, 1.82) is 0 Å². The van der Waals surface area contributed by atoms with Crippen molar-refractivity contribution >= 4 is 17.4 Å². The molecule has 1 atom stereocenters. The van der Waals surface area contributed by atoms with E-state index in [1.807, 2.05) is 20.8 Å². The Labute approximate surface area is 206 Å². The Bertz CT molecular complexity index is 1120. The van der Waals surface area contributed by atoms with Gasteiger partial charge in [-0.1, -0.05) is 6.07 Å². The molecule has 1 aliphatic heterocycles. The summed E-state index contributed by atoms with van der Waals surface area (Å²) in [6.07, 6.45) is 0.531. The number of rotatable bonds is 10. The van der Waals surface area contributed by atoms with Crippen LogP contribution in [0, 0.1) is 6.92 Å². The van der Waals surface area contributed by atoms with E-state index in [-0.39, 0.29) is 24.0 Å². The summed E-state index contributed by atoms with van der Waals surface area (Å²) in [5, 5.41) is 11.3. The highest BCUT2D eigenvalue weighted by Gasteiger charge is 2.46. The Morgan fingerprint density at radius 3 is 2.29 bits per heavy atom. The molecule has 3 rings (SSSR count). The topological polar surface area (TPSA) is 94.5 Å². The molecule has 0 bridgehead atoms. The minimum Gasteiger partial charge on any atom is -0.507 e. The fourth-order valence-electron chi connectivity index (χ4n) is 4.20. The molecule has 1 saturated heterocycles. The van der Waals surface area contributed by atoms with Crippen LogP contribution in [-0.2, 0) is 14.3 Å². The Kier molecular flexibility index (Phi) is 8.40. The van der Waals surface area contributed by atoms with Crippen LogP contribution in [0.3, 0.4) is 0 Å². The summed E-state index contributed by atoms with van der Waals surface area (Å²) in [6, 6.07) is 9.59. The third kappa shape index (κ3) is 5.43. The molecule has 1 amide bonds. The summed E-state index contributed by atoms with van der Waals surface area (Å²) in [4.78, 5) is 27.7. The van der Waals surface area contributed by atoms with Gasteiger partial charge in [0.2, 0.25) is 0 Å². The van der Waals surface area contributed by atoms with Crippen molar-refractivity contribution in [1.82, 2.24) is 4.90 Å². The molecule has 2 aromatic carbocycles. The number of Topliss-reactive ketones (excluding diaryl/α,β-unsaturated/α-hetero) is 1. The van der Waals surface area contributed by atoms with Gasteiger partial charge in [-0.05, 0) is 68.7 Å². The molecule has 1 aliphatic rings. The summed E-state index contributed by atoms with van der Waals surface area (Å²) in [6.45, 7) is 6.44. The number of likely N-dealkylation sites (tertiary alicyclic amines) is 1. The number of ether oxygens (including phenoxy) is 4. The quantitative estimate of drug-likeness (QED) is 0.234. The third-order valence-corrected chi connectivity index (χ3v) is 5.82. The summed E-state index contributed by atoms with van der Waals surface area (Å²) >= 11 is 0. The number of carbonyl (C=O) groups is 2. The van der Waals surface area contributed by atoms with Crippen LogP contribution in [0.2, 0.25) is 0 Å². The van der Waals surface area contributed by atoms with E-state index in [9.17, 15) is 14.7 Å². The molecule has 1 unspecified atom stereocenters. The summed E-state index contributed by atoms with van der Waals surface area (Å²) < 4.78 is 21.7. The van der Waals surface area contributed by atoms with Crippen LogP contribution in [0.25, 0.3) is 5.76 Å².